The zero-order valence-corrected chi connectivity index (χ0v) is 18.2. The minimum absolute atomic E-state index is 0.197. The lowest BCUT2D eigenvalue weighted by Crippen LogP contribution is -2.15. The molecule has 5 heteroatoms. The first-order valence-electron chi connectivity index (χ1n) is 10.2. The Morgan fingerprint density at radius 1 is 1.00 bits per heavy atom. The van der Waals surface area contributed by atoms with Crippen LogP contribution in [-0.4, -0.2) is 38.6 Å². The quantitative estimate of drug-likeness (QED) is 0.566. The van der Waals surface area contributed by atoms with Gasteiger partial charge in [0, 0.05) is 5.69 Å². The van der Waals surface area contributed by atoms with Crippen molar-refractivity contribution in [2.75, 3.05) is 33.1 Å². The lowest BCUT2D eigenvalue weighted by Gasteiger charge is -2.15. The normalized spacial score (nSPS) is 10.5. The van der Waals surface area contributed by atoms with Crippen molar-refractivity contribution in [1.82, 2.24) is 4.90 Å². The van der Waals surface area contributed by atoms with E-state index in [0.717, 1.165) is 36.1 Å². The van der Waals surface area contributed by atoms with Gasteiger partial charge in [0.05, 0.1) is 24.3 Å². The van der Waals surface area contributed by atoms with Gasteiger partial charge >= 0.3 is 0 Å². The fourth-order valence-corrected chi connectivity index (χ4v) is 3.47. The highest BCUT2D eigenvalue weighted by Gasteiger charge is 2.16. The van der Waals surface area contributed by atoms with Crippen molar-refractivity contribution in [2.45, 2.75) is 12.8 Å². The minimum atomic E-state index is -0.197. The number of aryl methyl sites for hydroxylation is 1. The number of ether oxygens (including phenoxy) is 1. The molecule has 3 aromatic carbocycles. The molecule has 3 rings (SSSR count). The highest BCUT2D eigenvalue weighted by atomic mass is 16.5. The van der Waals surface area contributed by atoms with Crippen molar-refractivity contribution in [3.8, 4) is 22.9 Å². The SMILES string of the molecule is COc1c(CCCN(C)C)cccc1C(=O)Nc1ccc(-c2ccc(C#N)cc2)cc1. The first-order valence-corrected chi connectivity index (χ1v) is 10.2. The van der Waals surface area contributed by atoms with E-state index < -0.39 is 0 Å². The topological polar surface area (TPSA) is 65.4 Å². The molecule has 0 heterocycles. The molecule has 3 aromatic rings. The Bertz CT molecular complexity index is 1070. The predicted molar refractivity (Wildman–Crippen MR) is 124 cm³/mol. The van der Waals surface area contributed by atoms with Crippen molar-refractivity contribution in [1.29, 1.82) is 5.26 Å². The average molecular weight is 414 g/mol. The number of benzene rings is 3. The number of nitriles is 1. The molecule has 158 valence electrons. The van der Waals surface area contributed by atoms with Gasteiger partial charge in [0.1, 0.15) is 5.75 Å². The molecule has 0 radical (unpaired) electrons. The van der Waals surface area contributed by atoms with Gasteiger partial charge in [-0.15, -0.1) is 0 Å². The molecule has 0 unspecified atom stereocenters. The van der Waals surface area contributed by atoms with Crippen LogP contribution in [0.4, 0.5) is 5.69 Å². The van der Waals surface area contributed by atoms with Crippen LogP contribution in [0.2, 0.25) is 0 Å². The smallest absolute Gasteiger partial charge is 0.259 e. The summed E-state index contributed by atoms with van der Waals surface area (Å²) in [5, 5.41) is 11.9. The van der Waals surface area contributed by atoms with Gasteiger partial charge < -0.3 is 15.0 Å². The third-order valence-corrected chi connectivity index (χ3v) is 5.09. The van der Waals surface area contributed by atoms with E-state index in [4.69, 9.17) is 10.00 Å². The van der Waals surface area contributed by atoms with E-state index in [-0.39, 0.29) is 5.91 Å². The second-order valence-electron chi connectivity index (χ2n) is 7.63. The van der Waals surface area contributed by atoms with E-state index in [1.54, 1.807) is 25.3 Å². The number of carbonyl (C=O) groups excluding carboxylic acids is 1. The second kappa shape index (κ2) is 10.4. The lowest BCUT2D eigenvalue weighted by atomic mass is 10.0. The predicted octanol–water partition coefficient (Wildman–Crippen LogP) is 4.98. The molecule has 0 bridgehead atoms. The van der Waals surface area contributed by atoms with E-state index in [1.165, 1.54) is 0 Å². The molecule has 31 heavy (non-hydrogen) atoms. The summed E-state index contributed by atoms with van der Waals surface area (Å²) < 4.78 is 5.59. The zero-order valence-electron chi connectivity index (χ0n) is 18.2. The largest absolute Gasteiger partial charge is 0.496 e. The summed E-state index contributed by atoms with van der Waals surface area (Å²) in [6.45, 7) is 0.977. The Morgan fingerprint density at radius 2 is 1.65 bits per heavy atom. The molecule has 0 fully saturated rings. The van der Waals surface area contributed by atoms with E-state index in [2.05, 4.69) is 16.3 Å². The number of nitrogens with zero attached hydrogens (tertiary/aromatic N) is 2. The van der Waals surface area contributed by atoms with Gasteiger partial charge in [-0.3, -0.25) is 4.79 Å². The van der Waals surface area contributed by atoms with Crippen molar-refractivity contribution in [2.24, 2.45) is 0 Å². The number of amides is 1. The Morgan fingerprint density at radius 3 is 2.23 bits per heavy atom. The maximum absolute atomic E-state index is 12.9. The third-order valence-electron chi connectivity index (χ3n) is 5.09. The number of carbonyl (C=O) groups is 1. The van der Waals surface area contributed by atoms with Crippen molar-refractivity contribution < 1.29 is 9.53 Å². The average Bonchev–Trinajstić information content (AvgIpc) is 2.79. The standard InChI is InChI=1S/C26H27N3O2/c1-29(2)17-5-7-22-6-4-8-24(25(22)31-3)26(30)28-23-15-13-21(14-16-23)20-11-9-19(18-27)10-12-20/h4,6,8-16H,5,7,17H2,1-3H3,(H,28,30). The molecule has 0 spiro atoms. The highest BCUT2D eigenvalue weighted by molar-refractivity contribution is 6.06. The first-order chi connectivity index (χ1) is 15.0. The fraction of sp³-hybridized carbons (Fsp3) is 0.231. The summed E-state index contributed by atoms with van der Waals surface area (Å²) in [7, 11) is 5.70. The van der Waals surface area contributed by atoms with Gasteiger partial charge in [-0.2, -0.15) is 5.26 Å². The summed E-state index contributed by atoms with van der Waals surface area (Å²) in [6, 6.07) is 22.9. The molecule has 5 nitrogen and oxygen atoms in total. The molecule has 0 atom stereocenters. The Balaban J connectivity index is 1.72. The van der Waals surface area contributed by atoms with Crippen molar-refractivity contribution >= 4 is 11.6 Å². The third kappa shape index (κ3) is 5.71. The van der Waals surface area contributed by atoms with Gasteiger partial charge in [-0.25, -0.2) is 0 Å². The summed E-state index contributed by atoms with van der Waals surface area (Å²) in [6.07, 6.45) is 1.84. The lowest BCUT2D eigenvalue weighted by molar-refractivity contribution is 0.102. The fourth-order valence-electron chi connectivity index (χ4n) is 3.47. The van der Waals surface area contributed by atoms with Crippen LogP contribution in [0.1, 0.15) is 27.9 Å². The molecule has 1 N–H and O–H groups in total. The molecule has 0 saturated heterocycles. The molecular formula is C26H27N3O2. The maximum atomic E-state index is 12.9. The molecule has 0 aliphatic rings. The highest BCUT2D eigenvalue weighted by Crippen LogP contribution is 2.27. The molecule has 1 amide bonds. The number of hydrogen-bond donors (Lipinski definition) is 1. The summed E-state index contributed by atoms with van der Waals surface area (Å²) >= 11 is 0. The molecule has 0 aliphatic heterocycles. The molecule has 0 aromatic heterocycles. The van der Waals surface area contributed by atoms with Gasteiger partial charge in [0.15, 0.2) is 0 Å². The first kappa shape index (κ1) is 22.1. The van der Waals surface area contributed by atoms with Crippen molar-refractivity contribution in [3.05, 3.63) is 83.4 Å². The zero-order chi connectivity index (χ0) is 22.2. The Labute approximate surface area is 183 Å². The van der Waals surface area contributed by atoms with Crippen LogP contribution in [-0.2, 0) is 6.42 Å². The van der Waals surface area contributed by atoms with E-state index in [9.17, 15) is 4.79 Å². The van der Waals surface area contributed by atoms with E-state index in [1.807, 2.05) is 62.6 Å². The van der Waals surface area contributed by atoms with Crippen LogP contribution >= 0.6 is 0 Å². The summed E-state index contributed by atoms with van der Waals surface area (Å²) in [5.41, 5.74) is 4.94. The van der Waals surface area contributed by atoms with E-state index in [0.29, 0.717) is 22.6 Å². The number of anilines is 1. The van der Waals surface area contributed by atoms with E-state index >= 15 is 0 Å². The van der Waals surface area contributed by atoms with Crippen LogP contribution in [0, 0.1) is 11.3 Å². The Hall–Kier alpha value is -3.62. The van der Waals surface area contributed by atoms with Crippen LogP contribution in [0.25, 0.3) is 11.1 Å². The van der Waals surface area contributed by atoms with Crippen molar-refractivity contribution in [3.63, 3.8) is 0 Å². The van der Waals surface area contributed by atoms with Crippen LogP contribution in [0.3, 0.4) is 0 Å². The number of para-hydroxylation sites is 1. The number of nitrogens with one attached hydrogen (secondary N) is 1. The van der Waals surface area contributed by atoms with Gasteiger partial charge in [0.25, 0.3) is 5.91 Å². The Kier molecular flexibility index (Phi) is 7.42. The van der Waals surface area contributed by atoms with Crippen LogP contribution in [0.15, 0.2) is 66.7 Å². The van der Waals surface area contributed by atoms with Gasteiger partial charge in [-0.05, 0) is 80.5 Å². The number of methoxy groups -OCH3 is 1. The molecule has 0 saturated carbocycles. The van der Waals surface area contributed by atoms with Gasteiger partial charge in [-0.1, -0.05) is 36.4 Å². The second-order valence-corrected chi connectivity index (χ2v) is 7.63. The molecule has 0 aliphatic carbocycles. The van der Waals surface area contributed by atoms with Crippen LogP contribution < -0.4 is 10.1 Å². The van der Waals surface area contributed by atoms with Gasteiger partial charge in [0.2, 0.25) is 0 Å². The monoisotopic (exact) mass is 413 g/mol. The summed E-state index contributed by atoms with van der Waals surface area (Å²) in [4.78, 5) is 15.1. The molecular weight excluding hydrogens is 386 g/mol. The number of rotatable bonds is 8. The van der Waals surface area contributed by atoms with Crippen LogP contribution in [0.5, 0.6) is 5.75 Å². The number of hydrogen-bond acceptors (Lipinski definition) is 4. The summed E-state index contributed by atoms with van der Waals surface area (Å²) in [5.74, 6) is 0.436. The minimum Gasteiger partial charge on any atom is -0.496 e. The maximum Gasteiger partial charge on any atom is 0.259 e.